The zero-order valence-electron chi connectivity index (χ0n) is 11.2. The zero-order chi connectivity index (χ0) is 15.3. The quantitative estimate of drug-likeness (QED) is 0.459. The van der Waals surface area contributed by atoms with Crippen molar-refractivity contribution in [1.82, 2.24) is 0 Å². The first-order valence-corrected chi connectivity index (χ1v) is 9.36. The van der Waals surface area contributed by atoms with Crippen LogP contribution in [0, 0.1) is 10.1 Å². The molecule has 1 atom stereocenters. The monoisotopic (exact) mass is 320 g/mol. The standard InChI is InChI=1S/C11H16N2O5S2/c1-19(16)7-3-6-12-10-5-4-9(20(2,17)18)8-11(10)13(14)15/h4-5,8,12H,3,6-7H2,1-2H3. The number of nitro groups is 1. The van der Waals surface area contributed by atoms with Gasteiger partial charge in [-0.1, -0.05) is 0 Å². The smallest absolute Gasteiger partial charge is 0.293 e. The summed E-state index contributed by atoms with van der Waals surface area (Å²) in [6.45, 7) is 0.429. The van der Waals surface area contributed by atoms with Crippen LogP contribution in [0.3, 0.4) is 0 Å². The molecule has 1 aromatic rings. The molecule has 0 saturated carbocycles. The molecule has 9 heteroatoms. The SMILES string of the molecule is CS(=O)CCCNc1ccc(S(C)(=O)=O)cc1[N+](=O)[O-]. The van der Waals surface area contributed by atoms with Crippen molar-refractivity contribution in [2.75, 3.05) is 30.1 Å². The van der Waals surface area contributed by atoms with E-state index in [9.17, 15) is 22.7 Å². The Morgan fingerprint density at radius 1 is 1.40 bits per heavy atom. The Morgan fingerprint density at radius 2 is 2.05 bits per heavy atom. The summed E-state index contributed by atoms with van der Waals surface area (Å²) in [6, 6.07) is 3.73. The van der Waals surface area contributed by atoms with Crippen molar-refractivity contribution >= 4 is 32.0 Å². The molecule has 0 aromatic heterocycles. The third kappa shape index (κ3) is 4.89. The van der Waals surface area contributed by atoms with Gasteiger partial charge in [0.25, 0.3) is 5.69 Å². The van der Waals surface area contributed by atoms with Crippen molar-refractivity contribution in [1.29, 1.82) is 0 Å². The molecule has 0 bridgehead atoms. The van der Waals surface area contributed by atoms with Crippen LogP contribution in [0.2, 0.25) is 0 Å². The molecule has 20 heavy (non-hydrogen) atoms. The van der Waals surface area contributed by atoms with Gasteiger partial charge in [-0.15, -0.1) is 0 Å². The lowest BCUT2D eigenvalue weighted by Crippen LogP contribution is -2.08. The predicted molar refractivity (Wildman–Crippen MR) is 78.2 cm³/mol. The first-order valence-electron chi connectivity index (χ1n) is 5.74. The minimum atomic E-state index is -3.48. The molecular weight excluding hydrogens is 304 g/mol. The molecule has 0 aliphatic rings. The average molecular weight is 320 g/mol. The largest absolute Gasteiger partial charge is 0.379 e. The first kappa shape index (κ1) is 16.6. The molecule has 0 saturated heterocycles. The highest BCUT2D eigenvalue weighted by atomic mass is 32.2. The van der Waals surface area contributed by atoms with E-state index >= 15 is 0 Å². The van der Waals surface area contributed by atoms with Crippen LogP contribution in [0.5, 0.6) is 0 Å². The van der Waals surface area contributed by atoms with Crippen molar-refractivity contribution in [2.24, 2.45) is 0 Å². The van der Waals surface area contributed by atoms with E-state index in [0.29, 0.717) is 18.7 Å². The molecule has 1 rings (SSSR count). The molecular formula is C11H16N2O5S2. The second kappa shape index (κ2) is 6.80. The molecule has 1 aromatic carbocycles. The molecule has 1 N–H and O–H groups in total. The van der Waals surface area contributed by atoms with Crippen LogP contribution in [0.4, 0.5) is 11.4 Å². The number of anilines is 1. The molecule has 7 nitrogen and oxygen atoms in total. The Bertz CT molecular complexity index is 628. The molecule has 112 valence electrons. The molecule has 1 unspecified atom stereocenters. The molecule has 0 fully saturated rings. The van der Waals surface area contributed by atoms with Crippen molar-refractivity contribution in [3.63, 3.8) is 0 Å². The highest BCUT2D eigenvalue weighted by molar-refractivity contribution is 7.90. The van der Waals surface area contributed by atoms with E-state index in [-0.39, 0.29) is 16.3 Å². The van der Waals surface area contributed by atoms with E-state index < -0.39 is 25.6 Å². The van der Waals surface area contributed by atoms with Crippen LogP contribution in [0.15, 0.2) is 23.1 Å². The Morgan fingerprint density at radius 3 is 2.55 bits per heavy atom. The van der Waals surface area contributed by atoms with Gasteiger partial charge in [-0.2, -0.15) is 0 Å². The van der Waals surface area contributed by atoms with E-state index in [2.05, 4.69) is 5.32 Å². The predicted octanol–water partition coefficient (Wildman–Crippen LogP) is 1.18. The number of hydrogen-bond acceptors (Lipinski definition) is 6. The van der Waals surface area contributed by atoms with E-state index in [1.807, 2.05) is 0 Å². The fourth-order valence-electron chi connectivity index (χ4n) is 1.54. The lowest BCUT2D eigenvalue weighted by molar-refractivity contribution is -0.384. The first-order chi connectivity index (χ1) is 9.21. The topological polar surface area (TPSA) is 106 Å². The van der Waals surface area contributed by atoms with Gasteiger partial charge < -0.3 is 5.32 Å². The van der Waals surface area contributed by atoms with Crippen LogP contribution in [-0.2, 0) is 20.6 Å². The van der Waals surface area contributed by atoms with Crippen molar-refractivity contribution in [3.8, 4) is 0 Å². The lowest BCUT2D eigenvalue weighted by Gasteiger charge is -2.07. The minimum absolute atomic E-state index is 0.0931. The summed E-state index contributed by atoms with van der Waals surface area (Å²) in [5, 5.41) is 13.8. The maximum Gasteiger partial charge on any atom is 0.293 e. The maximum atomic E-state index is 11.4. The number of rotatable bonds is 7. The second-order valence-electron chi connectivity index (χ2n) is 4.27. The fourth-order valence-corrected chi connectivity index (χ4v) is 2.73. The van der Waals surface area contributed by atoms with Gasteiger partial charge >= 0.3 is 0 Å². The van der Waals surface area contributed by atoms with Gasteiger partial charge in [0.2, 0.25) is 0 Å². The van der Waals surface area contributed by atoms with Gasteiger partial charge in [0.05, 0.1) is 9.82 Å². The van der Waals surface area contributed by atoms with Crippen LogP contribution >= 0.6 is 0 Å². The van der Waals surface area contributed by atoms with Gasteiger partial charge in [-0.05, 0) is 18.6 Å². The van der Waals surface area contributed by atoms with E-state index in [4.69, 9.17) is 0 Å². The number of nitrogens with one attached hydrogen (secondary N) is 1. The van der Waals surface area contributed by atoms with Gasteiger partial charge in [-0.3, -0.25) is 14.3 Å². The van der Waals surface area contributed by atoms with Gasteiger partial charge in [0.15, 0.2) is 9.84 Å². The van der Waals surface area contributed by atoms with Crippen molar-refractivity contribution < 1.29 is 17.6 Å². The Hall–Kier alpha value is -1.48. The summed E-state index contributed by atoms with van der Waals surface area (Å²) >= 11 is 0. The van der Waals surface area contributed by atoms with Crippen LogP contribution in [-0.4, -0.2) is 42.4 Å². The minimum Gasteiger partial charge on any atom is -0.379 e. The molecule has 0 spiro atoms. The van der Waals surface area contributed by atoms with Crippen LogP contribution in [0.25, 0.3) is 0 Å². The number of nitrogens with zero attached hydrogens (tertiary/aromatic N) is 1. The lowest BCUT2D eigenvalue weighted by atomic mass is 10.2. The Balaban J connectivity index is 2.91. The second-order valence-corrected chi connectivity index (χ2v) is 7.84. The number of nitro benzene ring substituents is 1. The molecule has 0 amide bonds. The summed E-state index contributed by atoms with van der Waals surface area (Å²) in [5.41, 5.74) is -0.0326. The van der Waals surface area contributed by atoms with Gasteiger partial charge in [0, 0.05) is 41.7 Å². The van der Waals surface area contributed by atoms with E-state index in [1.54, 1.807) is 6.26 Å². The molecule has 0 aliphatic heterocycles. The number of benzene rings is 1. The molecule has 0 radical (unpaired) electrons. The normalized spacial score (nSPS) is 12.9. The van der Waals surface area contributed by atoms with Gasteiger partial charge in [0.1, 0.15) is 5.69 Å². The number of sulfone groups is 1. The Kier molecular flexibility index (Phi) is 5.63. The highest BCUT2D eigenvalue weighted by Gasteiger charge is 2.18. The summed E-state index contributed by atoms with van der Waals surface area (Å²) in [4.78, 5) is 10.2. The Labute approximate surface area is 119 Å². The molecule has 0 aliphatic carbocycles. The third-order valence-electron chi connectivity index (χ3n) is 2.52. The zero-order valence-corrected chi connectivity index (χ0v) is 12.8. The highest BCUT2D eigenvalue weighted by Crippen LogP contribution is 2.27. The number of hydrogen-bond donors (Lipinski definition) is 1. The maximum absolute atomic E-state index is 11.4. The van der Waals surface area contributed by atoms with E-state index in [1.165, 1.54) is 12.1 Å². The third-order valence-corrected chi connectivity index (χ3v) is 4.49. The van der Waals surface area contributed by atoms with Crippen LogP contribution < -0.4 is 5.32 Å². The van der Waals surface area contributed by atoms with Crippen molar-refractivity contribution in [3.05, 3.63) is 28.3 Å². The summed E-state index contributed by atoms with van der Waals surface area (Å²) < 4.78 is 33.6. The van der Waals surface area contributed by atoms with Crippen LogP contribution in [0.1, 0.15) is 6.42 Å². The summed E-state index contributed by atoms with van der Waals surface area (Å²) in [6.07, 6.45) is 3.19. The summed E-state index contributed by atoms with van der Waals surface area (Å²) in [7, 11) is -4.39. The summed E-state index contributed by atoms with van der Waals surface area (Å²) in [5.74, 6) is 0.502. The molecule has 0 heterocycles. The van der Waals surface area contributed by atoms with Gasteiger partial charge in [-0.25, -0.2) is 8.42 Å². The fraction of sp³-hybridized carbons (Fsp3) is 0.455. The average Bonchev–Trinajstić information content (AvgIpc) is 2.33. The van der Waals surface area contributed by atoms with E-state index in [0.717, 1.165) is 12.3 Å². The van der Waals surface area contributed by atoms with Crippen molar-refractivity contribution in [2.45, 2.75) is 11.3 Å².